The van der Waals surface area contributed by atoms with Crippen molar-refractivity contribution in [3.63, 3.8) is 0 Å². The molecular formula is C17H25ClN2O. The molecule has 1 aliphatic heterocycles. The van der Waals surface area contributed by atoms with E-state index in [-0.39, 0.29) is 23.7 Å². The van der Waals surface area contributed by atoms with Gasteiger partial charge in [0.05, 0.1) is 5.41 Å². The van der Waals surface area contributed by atoms with E-state index < -0.39 is 0 Å². The van der Waals surface area contributed by atoms with Crippen LogP contribution >= 0.6 is 12.4 Å². The molecular weight excluding hydrogens is 284 g/mol. The van der Waals surface area contributed by atoms with Crippen molar-refractivity contribution in [1.82, 2.24) is 10.6 Å². The molecule has 1 aliphatic carbocycles. The molecule has 116 valence electrons. The van der Waals surface area contributed by atoms with Gasteiger partial charge in [0.15, 0.2) is 0 Å². The Kier molecular flexibility index (Phi) is 5.28. The molecule has 2 atom stereocenters. The number of carbonyl (C=O) groups excluding carboxylic acids is 1. The minimum Gasteiger partial charge on any atom is -0.353 e. The maximum Gasteiger partial charge on any atom is 0.227 e. The second-order valence-electron chi connectivity index (χ2n) is 6.52. The average Bonchev–Trinajstić information content (AvgIpc) is 2.48. The van der Waals surface area contributed by atoms with Crippen LogP contribution in [0.15, 0.2) is 24.3 Å². The molecule has 0 spiro atoms. The van der Waals surface area contributed by atoms with Crippen LogP contribution in [0, 0.1) is 5.41 Å². The van der Waals surface area contributed by atoms with Gasteiger partial charge in [-0.05, 0) is 56.7 Å². The summed E-state index contributed by atoms with van der Waals surface area (Å²) in [5, 5.41) is 6.64. The minimum absolute atomic E-state index is 0. The van der Waals surface area contributed by atoms with Gasteiger partial charge >= 0.3 is 0 Å². The van der Waals surface area contributed by atoms with Crippen molar-refractivity contribution < 1.29 is 4.79 Å². The van der Waals surface area contributed by atoms with E-state index in [4.69, 9.17) is 0 Å². The lowest BCUT2D eigenvalue weighted by Crippen LogP contribution is -2.52. The third-order valence-corrected chi connectivity index (χ3v) is 4.83. The van der Waals surface area contributed by atoms with Gasteiger partial charge in [0.2, 0.25) is 5.91 Å². The van der Waals surface area contributed by atoms with Crippen LogP contribution in [0.25, 0.3) is 0 Å². The summed E-state index contributed by atoms with van der Waals surface area (Å²) in [7, 11) is 0. The van der Waals surface area contributed by atoms with E-state index in [2.05, 4.69) is 41.8 Å². The highest BCUT2D eigenvalue weighted by Crippen LogP contribution is 2.27. The van der Waals surface area contributed by atoms with Crippen LogP contribution in [0.4, 0.5) is 0 Å². The number of hydrogen-bond donors (Lipinski definition) is 2. The van der Waals surface area contributed by atoms with Crippen molar-refractivity contribution in [3.05, 3.63) is 35.4 Å². The molecule has 1 heterocycles. The van der Waals surface area contributed by atoms with Crippen LogP contribution < -0.4 is 10.6 Å². The fourth-order valence-corrected chi connectivity index (χ4v) is 3.43. The number of benzene rings is 1. The van der Waals surface area contributed by atoms with E-state index in [1.54, 1.807) is 0 Å². The summed E-state index contributed by atoms with van der Waals surface area (Å²) in [5.41, 5.74) is 2.62. The summed E-state index contributed by atoms with van der Waals surface area (Å²) in [6.07, 6.45) is 5.21. The van der Waals surface area contributed by atoms with E-state index in [0.717, 1.165) is 45.2 Å². The SMILES string of the molecule is CC1(C(=O)NC2CCc3ccccc3C2)CCCNC1.Cl. The first-order valence-corrected chi connectivity index (χ1v) is 7.76. The molecule has 0 bridgehead atoms. The zero-order chi connectivity index (χ0) is 14.0. The van der Waals surface area contributed by atoms with Gasteiger partial charge < -0.3 is 10.6 Å². The highest BCUT2D eigenvalue weighted by Gasteiger charge is 2.35. The van der Waals surface area contributed by atoms with Gasteiger partial charge in [-0.1, -0.05) is 24.3 Å². The molecule has 1 saturated heterocycles. The summed E-state index contributed by atoms with van der Waals surface area (Å²) < 4.78 is 0. The van der Waals surface area contributed by atoms with E-state index in [1.165, 1.54) is 11.1 Å². The Morgan fingerprint density at radius 2 is 2.10 bits per heavy atom. The monoisotopic (exact) mass is 308 g/mol. The third-order valence-electron chi connectivity index (χ3n) is 4.83. The molecule has 2 N–H and O–H groups in total. The Morgan fingerprint density at radius 1 is 1.33 bits per heavy atom. The summed E-state index contributed by atoms with van der Waals surface area (Å²) in [6, 6.07) is 8.90. The molecule has 3 rings (SSSR count). The largest absolute Gasteiger partial charge is 0.353 e. The highest BCUT2D eigenvalue weighted by molar-refractivity contribution is 5.85. The Hall–Kier alpha value is -1.06. The molecule has 1 fully saturated rings. The molecule has 2 unspecified atom stereocenters. The lowest BCUT2D eigenvalue weighted by Gasteiger charge is -2.35. The zero-order valence-electron chi connectivity index (χ0n) is 12.7. The van der Waals surface area contributed by atoms with E-state index in [1.807, 2.05) is 0 Å². The second-order valence-corrected chi connectivity index (χ2v) is 6.52. The first-order chi connectivity index (χ1) is 9.67. The molecule has 1 aromatic rings. The first kappa shape index (κ1) is 16.3. The lowest BCUT2D eigenvalue weighted by atomic mass is 9.81. The predicted molar refractivity (Wildman–Crippen MR) is 87.9 cm³/mol. The maximum absolute atomic E-state index is 12.5. The molecule has 2 aliphatic rings. The quantitative estimate of drug-likeness (QED) is 0.881. The highest BCUT2D eigenvalue weighted by atomic mass is 35.5. The van der Waals surface area contributed by atoms with Crippen molar-refractivity contribution in [2.75, 3.05) is 13.1 Å². The third kappa shape index (κ3) is 3.58. The first-order valence-electron chi connectivity index (χ1n) is 7.76. The van der Waals surface area contributed by atoms with Gasteiger partial charge in [-0.2, -0.15) is 0 Å². The van der Waals surface area contributed by atoms with Crippen molar-refractivity contribution in [2.45, 2.75) is 45.1 Å². The number of amides is 1. The fraction of sp³-hybridized carbons (Fsp3) is 0.588. The molecule has 1 aromatic carbocycles. The summed E-state index contributed by atoms with van der Waals surface area (Å²) in [5.74, 6) is 0.231. The molecule has 3 nitrogen and oxygen atoms in total. The van der Waals surface area contributed by atoms with Gasteiger partial charge in [0.25, 0.3) is 0 Å². The van der Waals surface area contributed by atoms with E-state index >= 15 is 0 Å². The second kappa shape index (κ2) is 6.80. The van der Waals surface area contributed by atoms with Crippen LogP contribution in [0.3, 0.4) is 0 Å². The fourth-order valence-electron chi connectivity index (χ4n) is 3.43. The van der Waals surface area contributed by atoms with Crippen LogP contribution in [-0.2, 0) is 17.6 Å². The number of fused-ring (bicyclic) bond motifs is 1. The number of aryl methyl sites for hydroxylation is 1. The number of nitrogens with one attached hydrogen (secondary N) is 2. The van der Waals surface area contributed by atoms with E-state index in [9.17, 15) is 4.79 Å². The van der Waals surface area contributed by atoms with Crippen LogP contribution in [-0.4, -0.2) is 25.0 Å². The van der Waals surface area contributed by atoms with Gasteiger partial charge in [0.1, 0.15) is 0 Å². The van der Waals surface area contributed by atoms with Crippen molar-refractivity contribution in [1.29, 1.82) is 0 Å². The van der Waals surface area contributed by atoms with Crippen molar-refractivity contribution in [3.8, 4) is 0 Å². The molecule has 0 aromatic heterocycles. The van der Waals surface area contributed by atoms with E-state index in [0.29, 0.717) is 6.04 Å². The molecule has 21 heavy (non-hydrogen) atoms. The van der Waals surface area contributed by atoms with Crippen molar-refractivity contribution in [2.24, 2.45) is 5.41 Å². The van der Waals surface area contributed by atoms with Crippen LogP contribution in [0.2, 0.25) is 0 Å². The lowest BCUT2D eigenvalue weighted by molar-refractivity contribution is -0.131. The van der Waals surface area contributed by atoms with Crippen molar-refractivity contribution >= 4 is 18.3 Å². The molecule has 1 amide bonds. The number of carbonyl (C=O) groups is 1. The normalized spacial score (nSPS) is 28.1. The van der Waals surface area contributed by atoms with Gasteiger partial charge in [-0.3, -0.25) is 4.79 Å². The van der Waals surface area contributed by atoms with Crippen LogP contribution in [0.5, 0.6) is 0 Å². The van der Waals surface area contributed by atoms with Gasteiger partial charge in [0, 0.05) is 12.6 Å². The minimum atomic E-state index is -0.227. The smallest absolute Gasteiger partial charge is 0.227 e. The van der Waals surface area contributed by atoms with Gasteiger partial charge in [-0.15, -0.1) is 12.4 Å². The Labute approximate surface area is 133 Å². The number of rotatable bonds is 2. The maximum atomic E-state index is 12.5. The van der Waals surface area contributed by atoms with Gasteiger partial charge in [-0.25, -0.2) is 0 Å². The Morgan fingerprint density at radius 3 is 2.81 bits per heavy atom. The van der Waals surface area contributed by atoms with Crippen LogP contribution in [0.1, 0.15) is 37.3 Å². The number of halogens is 1. The molecule has 4 heteroatoms. The summed E-state index contributed by atoms with van der Waals surface area (Å²) >= 11 is 0. The predicted octanol–water partition coefficient (Wildman–Crippen LogP) is 2.47. The molecule has 0 radical (unpaired) electrons. The zero-order valence-corrected chi connectivity index (χ0v) is 13.5. The summed E-state index contributed by atoms with van der Waals surface area (Å²) in [6.45, 7) is 3.94. The number of piperidine rings is 1. The topological polar surface area (TPSA) is 41.1 Å². The Bertz CT molecular complexity index is 497. The Balaban J connectivity index is 0.00000161. The standard InChI is InChI=1S/C17H24N2O.ClH/c1-17(9-4-10-18-12-17)16(20)19-15-8-7-13-5-2-3-6-14(13)11-15;/h2-3,5-6,15,18H,4,7-12H2,1H3,(H,19,20);1H. The summed E-state index contributed by atoms with van der Waals surface area (Å²) in [4.78, 5) is 12.5. The molecule has 0 saturated carbocycles. The number of hydrogen-bond acceptors (Lipinski definition) is 2. The average molecular weight is 309 g/mol.